The molecule has 0 saturated heterocycles. The first kappa shape index (κ1) is 18.2. The van der Waals surface area contributed by atoms with Gasteiger partial charge in [-0.05, 0) is 48.7 Å². The lowest BCUT2D eigenvalue weighted by atomic mass is 10.0. The minimum Gasteiger partial charge on any atom is -0.478 e. The van der Waals surface area contributed by atoms with Gasteiger partial charge in [-0.25, -0.2) is 19.2 Å². The Hall–Kier alpha value is -3.80. The first-order chi connectivity index (χ1) is 14.6. The summed E-state index contributed by atoms with van der Waals surface area (Å²) in [7, 11) is 0. The number of nitrogens with zero attached hydrogens (tertiary/aromatic N) is 3. The molecule has 0 radical (unpaired) electrons. The van der Waals surface area contributed by atoms with Crippen LogP contribution in [0.25, 0.3) is 22.3 Å². The van der Waals surface area contributed by atoms with Crippen LogP contribution in [0.3, 0.4) is 0 Å². The third-order valence-corrected chi connectivity index (χ3v) is 5.36. The molecule has 1 aliphatic heterocycles. The molecule has 0 unspecified atom stereocenters. The Kier molecular flexibility index (Phi) is 4.39. The van der Waals surface area contributed by atoms with Crippen molar-refractivity contribution in [1.29, 1.82) is 0 Å². The molecule has 0 amide bonds. The zero-order valence-corrected chi connectivity index (χ0v) is 16.0. The maximum Gasteiger partial charge on any atom is 0.335 e. The first-order valence-electron chi connectivity index (χ1n) is 9.76. The molecule has 4 aromatic rings. The Morgan fingerprint density at radius 2 is 1.80 bits per heavy atom. The second-order valence-corrected chi connectivity index (χ2v) is 7.30. The summed E-state index contributed by atoms with van der Waals surface area (Å²) in [6, 6.07) is 19.3. The van der Waals surface area contributed by atoms with Crippen molar-refractivity contribution in [2.75, 3.05) is 11.4 Å². The second kappa shape index (κ2) is 7.22. The Balaban J connectivity index is 1.77. The van der Waals surface area contributed by atoms with Crippen LogP contribution in [0.4, 0.5) is 15.9 Å². The number of aryl methyl sites for hydroxylation is 1. The Labute approximate surface area is 172 Å². The van der Waals surface area contributed by atoms with E-state index in [0.717, 1.165) is 29.7 Å². The lowest BCUT2D eigenvalue weighted by molar-refractivity contribution is 0.0697. The topological polar surface area (TPSA) is 66.3 Å². The molecule has 3 aromatic carbocycles. The quantitative estimate of drug-likeness (QED) is 0.512. The van der Waals surface area contributed by atoms with Crippen LogP contribution in [0.15, 0.2) is 66.7 Å². The van der Waals surface area contributed by atoms with Crippen LogP contribution in [0, 0.1) is 5.82 Å². The summed E-state index contributed by atoms with van der Waals surface area (Å²) in [6.07, 6.45) is 1.78. The summed E-state index contributed by atoms with van der Waals surface area (Å²) in [5, 5.41) is 9.36. The summed E-state index contributed by atoms with van der Waals surface area (Å²) in [6.45, 7) is 0.676. The zero-order chi connectivity index (χ0) is 20.7. The van der Waals surface area contributed by atoms with Gasteiger partial charge in [-0.3, -0.25) is 0 Å². The van der Waals surface area contributed by atoms with E-state index >= 15 is 0 Å². The predicted octanol–water partition coefficient (Wildman–Crippen LogP) is 5.22. The molecule has 2 heterocycles. The summed E-state index contributed by atoms with van der Waals surface area (Å²) >= 11 is 0. The van der Waals surface area contributed by atoms with Crippen molar-refractivity contribution >= 4 is 28.5 Å². The molecule has 1 N–H and O–H groups in total. The molecule has 0 saturated carbocycles. The highest BCUT2D eigenvalue weighted by molar-refractivity contribution is 5.94. The molecule has 1 aromatic heterocycles. The van der Waals surface area contributed by atoms with Crippen LogP contribution in [-0.4, -0.2) is 27.6 Å². The molecule has 0 fully saturated rings. The number of halogens is 1. The van der Waals surface area contributed by atoms with Crippen LogP contribution < -0.4 is 4.90 Å². The molecular weight excluding hydrogens is 381 g/mol. The van der Waals surface area contributed by atoms with Gasteiger partial charge in [0.05, 0.1) is 16.6 Å². The predicted molar refractivity (Wildman–Crippen MR) is 114 cm³/mol. The van der Waals surface area contributed by atoms with Gasteiger partial charge in [0, 0.05) is 17.8 Å². The third-order valence-electron chi connectivity index (χ3n) is 5.36. The first-order valence-corrected chi connectivity index (χ1v) is 9.76. The van der Waals surface area contributed by atoms with Gasteiger partial charge in [-0.2, -0.15) is 0 Å². The van der Waals surface area contributed by atoms with E-state index in [1.54, 1.807) is 6.07 Å². The number of hydrogen-bond donors (Lipinski definition) is 1. The fourth-order valence-corrected chi connectivity index (χ4v) is 3.92. The number of carbonyl (C=O) groups is 1. The van der Waals surface area contributed by atoms with Crippen molar-refractivity contribution in [2.24, 2.45) is 0 Å². The van der Waals surface area contributed by atoms with Gasteiger partial charge in [0.1, 0.15) is 11.5 Å². The van der Waals surface area contributed by atoms with E-state index in [1.807, 2.05) is 41.3 Å². The SMILES string of the molecule is O=C(O)c1ccc2nc(-c3ccccc3)c(N3CCCc4ccc(F)cc43)nc2c1. The number of aromatic carboxylic acids is 1. The average Bonchev–Trinajstić information content (AvgIpc) is 2.78. The monoisotopic (exact) mass is 399 g/mol. The standard InChI is InChI=1S/C24H18FN3O2/c25-18-10-8-15-7-4-12-28(21(15)14-18)23-22(16-5-2-1-3-6-16)26-19-11-9-17(24(29)30)13-20(19)27-23/h1-3,5-6,8-11,13-14H,4,7,12H2,(H,29,30). The molecule has 30 heavy (non-hydrogen) atoms. The molecule has 0 aliphatic carbocycles. The number of carboxylic acids is 1. The van der Waals surface area contributed by atoms with Gasteiger partial charge >= 0.3 is 5.97 Å². The molecule has 1 aliphatic rings. The Morgan fingerprint density at radius 3 is 2.60 bits per heavy atom. The maximum atomic E-state index is 14.1. The van der Waals surface area contributed by atoms with Gasteiger partial charge in [-0.15, -0.1) is 0 Å². The van der Waals surface area contributed by atoms with Crippen LogP contribution in [0.5, 0.6) is 0 Å². The Morgan fingerprint density at radius 1 is 0.967 bits per heavy atom. The van der Waals surface area contributed by atoms with E-state index < -0.39 is 5.97 Å². The van der Waals surface area contributed by atoms with E-state index in [1.165, 1.54) is 24.3 Å². The third kappa shape index (κ3) is 3.16. The molecular formula is C24H18FN3O2. The van der Waals surface area contributed by atoms with Gasteiger partial charge < -0.3 is 10.0 Å². The van der Waals surface area contributed by atoms with Crippen molar-refractivity contribution in [2.45, 2.75) is 12.8 Å². The van der Waals surface area contributed by atoms with Crippen molar-refractivity contribution in [3.05, 3.63) is 83.7 Å². The highest BCUT2D eigenvalue weighted by Crippen LogP contribution is 2.38. The lowest BCUT2D eigenvalue weighted by Crippen LogP contribution is -2.26. The van der Waals surface area contributed by atoms with Crippen molar-refractivity contribution < 1.29 is 14.3 Å². The summed E-state index contributed by atoms with van der Waals surface area (Å²) in [5.74, 6) is -0.718. The van der Waals surface area contributed by atoms with Crippen molar-refractivity contribution in [1.82, 2.24) is 9.97 Å². The van der Waals surface area contributed by atoms with E-state index in [-0.39, 0.29) is 11.4 Å². The Bertz CT molecular complexity index is 1270. The van der Waals surface area contributed by atoms with Crippen molar-refractivity contribution in [3.8, 4) is 11.3 Å². The van der Waals surface area contributed by atoms with Crippen LogP contribution in [0.2, 0.25) is 0 Å². The summed E-state index contributed by atoms with van der Waals surface area (Å²) in [5.41, 5.74) is 4.67. The number of rotatable bonds is 3. The van der Waals surface area contributed by atoms with Gasteiger partial charge in [0.15, 0.2) is 5.82 Å². The van der Waals surface area contributed by atoms with E-state index in [0.29, 0.717) is 29.1 Å². The normalized spacial score (nSPS) is 13.3. The van der Waals surface area contributed by atoms with Crippen LogP contribution >= 0.6 is 0 Å². The van der Waals surface area contributed by atoms with Crippen molar-refractivity contribution in [3.63, 3.8) is 0 Å². The number of aromatic nitrogens is 2. The molecule has 0 spiro atoms. The average molecular weight is 399 g/mol. The zero-order valence-electron chi connectivity index (χ0n) is 16.0. The maximum absolute atomic E-state index is 14.1. The van der Waals surface area contributed by atoms with Gasteiger partial charge in [0.25, 0.3) is 0 Å². The summed E-state index contributed by atoms with van der Waals surface area (Å²) in [4.78, 5) is 23.1. The lowest BCUT2D eigenvalue weighted by Gasteiger charge is -2.31. The number of fused-ring (bicyclic) bond motifs is 2. The highest BCUT2D eigenvalue weighted by atomic mass is 19.1. The second-order valence-electron chi connectivity index (χ2n) is 7.30. The number of anilines is 2. The number of hydrogen-bond acceptors (Lipinski definition) is 4. The molecule has 5 nitrogen and oxygen atoms in total. The molecule has 6 heteroatoms. The fourth-order valence-electron chi connectivity index (χ4n) is 3.92. The van der Waals surface area contributed by atoms with Crippen LogP contribution in [-0.2, 0) is 6.42 Å². The fraction of sp³-hybridized carbons (Fsp3) is 0.125. The van der Waals surface area contributed by atoms with Gasteiger partial charge in [0.2, 0.25) is 0 Å². The molecule has 148 valence electrons. The summed E-state index contributed by atoms with van der Waals surface area (Å²) < 4.78 is 14.1. The number of benzene rings is 3. The van der Waals surface area contributed by atoms with Crippen LogP contribution in [0.1, 0.15) is 22.3 Å². The molecule has 5 rings (SSSR count). The van der Waals surface area contributed by atoms with Gasteiger partial charge in [-0.1, -0.05) is 36.4 Å². The minimum atomic E-state index is -1.02. The minimum absolute atomic E-state index is 0.153. The van der Waals surface area contributed by atoms with E-state index in [9.17, 15) is 14.3 Å². The highest BCUT2D eigenvalue weighted by Gasteiger charge is 2.24. The largest absolute Gasteiger partial charge is 0.478 e. The molecule has 0 atom stereocenters. The van der Waals surface area contributed by atoms with E-state index in [2.05, 4.69) is 0 Å². The number of carboxylic acid groups (broad SMARTS) is 1. The molecule has 0 bridgehead atoms. The van der Waals surface area contributed by atoms with E-state index in [4.69, 9.17) is 9.97 Å². The smallest absolute Gasteiger partial charge is 0.335 e.